The van der Waals surface area contributed by atoms with Gasteiger partial charge in [-0.15, -0.1) is 0 Å². The highest BCUT2D eigenvalue weighted by atomic mass is 35.5. The van der Waals surface area contributed by atoms with Gasteiger partial charge >= 0.3 is 0 Å². The highest BCUT2D eigenvalue weighted by Gasteiger charge is 2.07. The van der Waals surface area contributed by atoms with E-state index >= 15 is 0 Å². The van der Waals surface area contributed by atoms with Crippen LogP contribution in [0.25, 0.3) is 10.9 Å². The number of amides is 1. The van der Waals surface area contributed by atoms with Crippen LogP contribution in [-0.4, -0.2) is 16.0 Å². The van der Waals surface area contributed by atoms with E-state index < -0.39 is 0 Å². The lowest BCUT2D eigenvalue weighted by Crippen LogP contribution is -2.43. The summed E-state index contributed by atoms with van der Waals surface area (Å²) in [6.07, 6.45) is 1.52. The van der Waals surface area contributed by atoms with Gasteiger partial charge in [0.2, 0.25) is 0 Å². The number of benzene rings is 2. The molecule has 0 saturated heterocycles. The first-order valence-electron chi connectivity index (χ1n) is 7.09. The van der Waals surface area contributed by atoms with Crippen LogP contribution in [0.4, 0.5) is 5.69 Å². The molecule has 0 atom stereocenters. The maximum Gasteiger partial charge on any atom is 0.271 e. The number of nitrogens with one attached hydrogen (secondary N) is 3. The van der Waals surface area contributed by atoms with Crippen molar-refractivity contribution < 1.29 is 4.79 Å². The summed E-state index contributed by atoms with van der Waals surface area (Å²) in [7, 11) is 0. The number of halogens is 1. The fraction of sp³-hybridized carbons (Fsp3) is 0. The lowest BCUT2D eigenvalue weighted by Gasteiger charge is -2.11. The van der Waals surface area contributed by atoms with E-state index in [1.54, 1.807) is 30.3 Å². The van der Waals surface area contributed by atoms with Gasteiger partial charge in [0.1, 0.15) is 0 Å². The van der Waals surface area contributed by atoms with Crippen molar-refractivity contribution in [2.75, 3.05) is 5.32 Å². The number of pyridine rings is 1. The summed E-state index contributed by atoms with van der Waals surface area (Å²) in [4.78, 5) is 16.4. The molecule has 1 heterocycles. The Morgan fingerprint density at radius 3 is 2.58 bits per heavy atom. The number of fused-ring (bicyclic) bond motifs is 1. The lowest BCUT2D eigenvalue weighted by atomic mass is 10.1. The number of carbonyl (C=O) groups excluding carboxylic acids is 1. The molecule has 0 aliphatic rings. The van der Waals surface area contributed by atoms with Gasteiger partial charge in [-0.1, -0.05) is 29.8 Å². The van der Waals surface area contributed by atoms with Crippen LogP contribution in [0.5, 0.6) is 0 Å². The standard InChI is InChI=1S/C17H13ClN4OS/c18-13-5-7-14(8-6-13)20-17(24)22-21-16(23)12-9-11-3-1-2-4-15(11)19-10-12/h1-10H,(H,21,23)(H2,20,22,24). The van der Waals surface area contributed by atoms with Crippen LogP contribution < -0.4 is 16.2 Å². The molecule has 2 aromatic carbocycles. The van der Waals surface area contributed by atoms with Crippen LogP contribution in [0.2, 0.25) is 5.02 Å². The quantitative estimate of drug-likeness (QED) is 0.484. The van der Waals surface area contributed by atoms with Crippen molar-refractivity contribution in [1.29, 1.82) is 0 Å². The molecule has 0 radical (unpaired) electrons. The van der Waals surface area contributed by atoms with Gasteiger partial charge in [0.05, 0.1) is 11.1 Å². The molecule has 120 valence electrons. The Kier molecular flexibility index (Phi) is 4.88. The van der Waals surface area contributed by atoms with Gasteiger partial charge < -0.3 is 5.32 Å². The Balaban J connectivity index is 1.59. The predicted octanol–water partition coefficient (Wildman–Crippen LogP) is 3.52. The first kappa shape index (κ1) is 16.2. The van der Waals surface area contributed by atoms with Gasteiger partial charge in [0, 0.05) is 22.3 Å². The second-order valence-electron chi connectivity index (χ2n) is 4.96. The van der Waals surface area contributed by atoms with E-state index in [0.29, 0.717) is 10.6 Å². The zero-order valence-corrected chi connectivity index (χ0v) is 14.0. The Morgan fingerprint density at radius 2 is 1.79 bits per heavy atom. The third-order valence-corrected chi connectivity index (χ3v) is 3.70. The Labute approximate surface area is 149 Å². The molecule has 0 saturated carbocycles. The number of rotatable bonds is 2. The maximum atomic E-state index is 12.2. The number of carbonyl (C=O) groups is 1. The molecule has 3 N–H and O–H groups in total. The van der Waals surface area contributed by atoms with Crippen molar-refractivity contribution in [3.8, 4) is 0 Å². The number of aromatic nitrogens is 1. The monoisotopic (exact) mass is 356 g/mol. The average molecular weight is 357 g/mol. The van der Waals surface area contributed by atoms with Gasteiger partial charge in [0.25, 0.3) is 5.91 Å². The molecule has 24 heavy (non-hydrogen) atoms. The SMILES string of the molecule is O=C(NNC(=S)Nc1ccc(Cl)cc1)c1cnc2ccccc2c1. The Bertz CT molecular complexity index is 898. The number of hydrazine groups is 1. The van der Waals surface area contributed by atoms with Gasteiger partial charge in [-0.05, 0) is 48.6 Å². The number of anilines is 1. The van der Waals surface area contributed by atoms with Gasteiger partial charge in [-0.2, -0.15) is 0 Å². The van der Waals surface area contributed by atoms with E-state index in [9.17, 15) is 4.79 Å². The fourth-order valence-electron chi connectivity index (χ4n) is 2.08. The normalized spacial score (nSPS) is 10.2. The van der Waals surface area contributed by atoms with E-state index in [2.05, 4.69) is 21.2 Å². The van der Waals surface area contributed by atoms with Crippen molar-refractivity contribution in [3.63, 3.8) is 0 Å². The molecule has 0 spiro atoms. The van der Waals surface area contributed by atoms with Crippen LogP contribution in [0.1, 0.15) is 10.4 Å². The zero-order valence-electron chi connectivity index (χ0n) is 12.4. The summed E-state index contributed by atoms with van der Waals surface area (Å²) >= 11 is 10.9. The Morgan fingerprint density at radius 1 is 1.04 bits per heavy atom. The van der Waals surface area contributed by atoms with Gasteiger partial charge in [-0.25, -0.2) is 0 Å². The molecular formula is C17H13ClN4OS. The molecule has 7 heteroatoms. The number of thiocarbonyl (C=S) groups is 1. The topological polar surface area (TPSA) is 66.1 Å². The molecule has 1 aromatic heterocycles. The van der Waals surface area contributed by atoms with E-state index in [-0.39, 0.29) is 11.0 Å². The molecular weight excluding hydrogens is 344 g/mol. The number of para-hydroxylation sites is 1. The van der Waals surface area contributed by atoms with Crippen LogP contribution in [0, 0.1) is 0 Å². The minimum atomic E-state index is -0.325. The van der Waals surface area contributed by atoms with Crippen LogP contribution in [0.15, 0.2) is 60.8 Å². The second-order valence-corrected chi connectivity index (χ2v) is 5.80. The molecule has 0 bridgehead atoms. The number of hydrogen-bond acceptors (Lipinski definition) is 3. The van der Waals surface area contributed by atoms with Crippen molar-refractivity contribution in [2.45, 2.75) is 0 Å². The smallest absolute Gasteiger partial charge is 0.271 e. The zero-order chi connectivity index (χ0) is 16.9. The first-order valence-corrected chi connectivity index (χ1v) is 7.88. The van der Waals surface area contributed by atoms with Crippen LogP contribution >= 0.6 is 23.8 Å². The number of nitrogens with zero attached hydrogens (tertiary/aromatic N) is 1. The maximum absolute atomic E-state index is 12.2. The fourth-order valence-corrected chi connectivity index (χ4v) is 2.37. The average Bonchev–Trinajstić information content (AvgIpc) is 2.61. The minimum Gasteiger partial charge on any atom is -0.331 e. The predicted molar refractivity (Wildman–Crippen MR) is 100 cm³/mol. The summed E-state index contributed by atoms with van der Waals surface area (Å²) in [6.45, 7) is 0. The van der Waals surface area contributed by atoms with Gasteiger partial charge in [-0.3, -0.25) is 20.6 Å². The molecule has 0 aliphatic heterocycles. The highest BCUT2D eigenvalue weighted by molar-refractivity contribution is 7.80. The van der Waals surface area contributed by atoms with E-state index in [0.717, 1.165) is 16.6 Å². The lowest BCUT2D eigenvalue weighted by molar-refractivity contribution is 0.0944. The summed E-state index contributed by atoms with van der Waals surface area (Å²) in [5, 5.41) is 4.73. The Hall–Kier alpha value is -2.70. The van der Waals surface area contributed by atoms with Gasteiger partial charge in [0.15, 0.2) is 5.11 Å². The van der Waals surface area contributed by atoms with E-state index in [4.69, 9.17) is 23.8 Å². The van der Waals surface area contributed by atoms with Crippen LogP contribution in [0.3, 0.4) is 0 Å². The first-order chi connectivity index (χ1) is 11.6. The van der Waals surface area contributed by atoms with Crippen molar-refractivity contribution in [2.24, 2.45) is 0 Å². The van der Waals surface area contributed by atoms with Crippen molar-refractivity contribution >= 4 is 51.4 Å². The van der Waals surface area contributed by atoms with Crippen molar-refractivity contribution in [3.05, 3.63) is 71.4 Å². The minimum absolute atomic E-state index is 0.263. The largest absolute Gasteiger partial charge is 0.331 e. The molecule has 3 aromatic rings. The molecule has 1 amide bonds. The summed E-state index contributed by atoms with van der Waals surface area (Å²) < 4.78 is 0. The third-order valence-electron chi connectivity index (χ3n) is 3.24. The summed E-state index contributed by atoms with van der Waals surface area (Å²) in [5.41, 5.74) is 7.23. The van der Waals surface area contributed by atoms with Crippen LogP contribution in [-0.2, 0) is 0 Å². The van der Waals surface area contributed by atoms with E-state index in [1.807, 2.05) is 24.3 Å². The second kappa shape index (κ2) is 7.25. The molecule has 3 rings (SSSR count). The van der Waals surface area contributed by atoms with E-state index in [1.165, 1.54) is 6.20 Å². The number of hydrogen-bond donors (Lipinski definition) is 3. The molecule has 5 nitrogen and oxygen atoms in total. The summed E-state index contributed by atoms with van der Waals surface area (Å²) in [5.74, 6) is -0.325. The summed E-state index contributed by atoms with van der Waals surface area (Å²) in [6, 6.07) is 16.4. The van der Waals surface area contributed by atoms with Crippen molar-refractivity contribution in [1.82, 2.24) is 15.8 Å². The third kappa shape index (κ3) is 3.98. The molecule has 0 fully saturated rings. The molecule has 0 aliphatic carbocycles. The molecule has 0 unspecified atom stereocenters. The highest BCUT2D eigenvalue weighted by Crippen LogP contribution is 2.13.